The van der Waals surface area contributed by atoms with Crippen molar-refractivity contribution >= 4 is 5.97 Å². The second-order valence-corrected chi connectivity index (χ2v) is 9.44. The fourth-order valence-corrected chi connectivity index (χ4v) is 4.87. The molecular formula is C33H32F3NO3. The number of hydrogen-bond donors (Lipinski definition) is 0. The van der Waals surface area contributed by atoms with Gasteiger partial charge in [-0.15, -0.1) is 13.2 Å². The van der Waals surface area contributed by atoms with Crippen molar-refractivity contribution in [1.29, 1.82) is 0 Å². The van der Waals surface area contributed by atoms with Gasteiger partial charge < -0.3 is 9.47 Å². The first-order chi connectivity index (χ1) is 19.2. The van der Waals surface area contributed by atoms with Gasteiger partial charge in [0.05, 0.1) is 13.0 Å². The lowest BCUT2D eigenvalue weighted by atomic mass is 9.93. The van der Waals surface area contributed by atoms with Crippen molar-refractivity contribution < 1.29 is 27.4 Å². The van der Waals surface area contributed by atoms with Crippen LogP contribution in [0, 0.1) is 0 Å². The Hall–Kier alpha value is -4.10. The van der Waals surface area contributed by atoms with E-state index in [1.54, 1.807) is 31.2 Å². The molecule has 0 N–H and O–H groups in total. The van der Waals surface area contributed by atoms with Crippen LogP contribution in [0.25, 0.3) is 11.1 Å². The number of nitrogens with zero attached hydrogens (tertiary/aromatic N) is 1. The molecule has 7 heteroatoms. The Morgan fingerprint density at radius 2 is 1.45 bits per heavy atom. The molecule has 0 spiro atoms. The summed E-state index contributed by atoms with van der Waals surface area (Å²) in [5.41, 5.74) is 3.79. The number of hydrogen-bond acceptors (Lipinski definition) is 4. The molecule has 0 saturated carbocycles. The number of carbonyl (C=O) groups excluding carboxylic acids is 1. The molecule has 208 valence electrons. The molecule has 0 heterocycles. The molecule has 0 aliphatic carbocycles. The normalized spacial score (nSPS) is 13.1. The summed E-state index contributed by atoms with van der Waals surface area (Å²) < 4.78 is 49.1. The molecule has 40 heavy (non-hydrogen) atoms. The maximum atomic E-state index is 13.1. The fourth-order valence-electron chi connectivity index (χ4n) is 4.87. The third-order valence-electron chi connectivity index (χ3n) is 6.75. The fraction of sp³-hybridized carbons (Fsp3) is 0.242. The van der Waals surface area contributed by atoms with Crippen LogP contribution in [0.15, 0.2) is 109 Å². The number of esters is 1. The van der Waals surface area contributed by atoms with Crippen molar-refractivity contribution in [3.05, 3.63) is 126 Å². The van der Waals surface area contributed by atoms with Crippen molar-refractivity contribution in [3.8, 4) is 16.9 Å². The van der Waals surface area contributed by atoms with E-state index in [0.29, 0.717) is 17.7 Å². The Kier molecular flexibility index (Phi) is 9.61. The lowest BCUT2D eigenvalue weighted by molar-refractivity contribution is -0.274. The molecule has 4 rings (SSSR count). The van der Waals surface area contributed by atoms with E-state index in [1.165, 1.54) is 12.1 Å². The Morgan fingerprint density at radius 1 is 0.825 bits per heavy atom. The number of carbonyl (C=O) groups is 1. The minimum absolute atomic E-state index is 0.0714. The van der Waals surface area contributed by atoms with Gasteiger partial charge in [-0.1, -0.05) is 97.1 Å². The summed E-state index contributed by atoms with van der Waals surface area (Å²) in [5.74, 6) is -0.634. The van der Waals surface area contributed by atoms with Gasteiger partial charge in [0.2, 0.25) is 0 Å². The van der Waals surface area contributed by atoms with Crippen LogP contribution in [0.5, 0.6) is 5.75 Å². The van der Waals surface area contributed by atoms with Crippen molar-refractivity contribution in [2.75, 3.05) is 6.61 Å². The Balaban J connectivity index is 1.80. The highest BCUT2D eigenvalue weighted by Crippen LogP contribution is 2.38. The average molecular weight is 548 g/mol. The van der Waals surface area contributed by atoms with Gasteiger partial charge in [0, 0.05) is 24.2 Å². The monoisotopic (exact) mass is 547 g/mol. The van der Waals surface area contributed by atoms with Gasteiger partial charge in [0.1, 0.15) is 5.75 Å². The van der Waals surface area contributed by atoms with Crippen LogP contribution in [0.1, 0.15) is 49.0 Å². The van der Waals surface area contributed by atoms with Crippen molar-refractivity contribution in [2.24, 2.45) is 0 Å². The number of benzene rings is 4. The molecule has 0 radical (unpaired) electrons. The van der Waals surface area contributed by atoms with Crippen LogP contribution in [0.2, 0.25) is 0 Å². The molecule has 0 fully saturated rings. The van der Waals surface area contributed by atoms with Crippen LogP contribution in [0.3, 0.4) is 0 Å². The zero-order valence-electron chi connectivity index (χ0n) is 22.5. The van der Waals surface area contributed by atoms with Gasteiger partial charge in [0.15, 0.2) is 0 Å². The summed E-state index contributed by atoms with van der Waals surface area (Å²) in [6, 6.07) is 32.8. The SMILES string of the molecule is CCOC(=O)C[C@@H](c1cccc(-c2ccccc2OC(F)(F)F)c1)N(Cc1ccccc1)[C@H](C)c1ccccc1. The van der Waals surface area contributed by atoms with Crippen LogP contribution < -0.4 is 4.74 Å². The molecule has 4 aromatic rings. The molecule has 0 unspecified atom stereocenters. The van der Waals surface area contributed by atoms with Crippen LogP contribution in [-0.2, 0) is 16.1 Å². The van der Waals surface area contributed by atoms with E-state index < -0.39 is 12.4 Å². The first-order valence-electron chi connectivity index (χ1n) is 13.2. The third kappa shape index (κ3) is 7.73. The lowest BCUT2D eigenvalue weighted by Crippen LogP contribution is -2.33. The second kappa shape index (κ2) is 13.3. The maximum absolute atomic E-state index is 13.1. The van der Waals surface area contributed by atoms with Crippen LogP contribution >= 0.6 is 0 Å². The highest BCUT2D eigenvalue weighted by atomic mass is 19.4. The maximum Gasteiger partial charge on any atom is 0.573 e. The lowest BCUT2D eigenvalue weighted by Gasteiger charge is -2.37. The average Bonchev–Trinajstić information content (AvgIpc) is 2.95. The van der Waals surface area contributed by atoms with E-state index in [9.17, 15) is 18.0 Å². The first-order valence-corrected chi connectivity index (χ1v) is 13.2. The van der Waals surface area contributed by atoms with Gasteiger partial charge in [-0.2, -0.15) is 0 Å². The first kappa shape index (κ1) is 28.9. The minimum Gasteiger partial charge on any atom is -0.466 e. The number of rotatable bonds is 11. The summed E-state index contributed by atoms with van der Waals surface area (Å²) in [5, 5.41) is 0. The summed E-state index contributed by atoms with van der Waals surface area (Å²) in [6.07, 6.45) is -4.75. The van der Waals surface area contributed by atoms with Gasteiger partial charge in [-0.05, 0) is 48.2 Å². The number of halogens is 3. The van der Waals surface area contributed by atoms with Gasteiger partial charge in [0.25, 0.3) is 0 Å². The third-order valence-corrected chi connectivity index (χ3v) is 6.75. The molecule has 0 saturated heterocycles. The topological polar surface area (TPSA) is 38.8 Å². The predicted molar refractivity (Wildman–Crippen MR) is 149 cm³/mol. The quantitative estimate of drug-likeness (QED) is 0.177. The predicted octanol–water partition coefficient (Wildman–Crippen LogP) is 8.51. The summed E-state index contributed by atoms with van der Waals surface area (Å²) in [6.45, 7) is 4.64. The van der Waals surface area contributed by atoms with Gasteiger partial charge in [-0.25, -0.2) is 0 Å². The molecule has 4 nitrogen and oxygen atoms in total. The molecule has 0 aliphatic rings. The summed E-state index contributed by atoms with van der Waals surface area (Å²) >= 11 is 0. The van der Waals surface area contributed by atoms with Crippen molar-refractivity contribution in [1.82, 2.24) is 4.90 Å². The van der Waals surface area contributed by atoms with Crippen molar-refractivity contribution in [3.63, 3.8) is 0 Å². The highest BCUT2D eigenvalue weighted by Gasteiger charge is 2.33. The van der Waals surface area contributed by atoms with E-state index in [-0.39, 0.29) is 30.8 Å². The van der Waals surface area contributed by atoms with E-state index in [2.05, 4.69) is 16.6 Å². The van der Waals surface area contributed by atoms with E-state index in [0.717, 1.165) is 16.7 Å². The van der Waals surface area contributed by atoms with E-state index in [4.69, 9.17) is 4.74 Å². The number of ether oxygens (including phenoxy) is 2. The molecule has 0 aliphatic heterocycles. The molecule has 4 aromatic carbocycles. The zero-order chi connectivity index (χ0) is 28.5. The molecule has 0 aromatic heterocycles. The highest BCUT2D eigenvalue weighted by molar-refractivity contribution is 5.73. The molecule has 0 amide bonds. The minimum atomic E-state index is -4.82. The van der Waals surface area contributed by atoms with Crippen molar-refractivity contribution in [2.45, 2.75) is 45.3 Å². The second-order valence-electron chi connectivity index (χ2n) is 9.44. The number of para-hydroxylation sites is 1. The number of alkyl halides is 3. The molecule has 2 atom stereocenters. The molecular weight excluding hydrogens is 515 g/mol. The Labute approximate surface area is 233 Å². The zero-order valence-corrected chi connectivity index (χ0v) is 22.5. The van der Waals surface area contributed by atoms with E-state index in [1.807, 2.05) is 72.8 Å². The largest absolute Gasteiger partial charge is 0.573 e. The van der Waals surface area contributed by atoms with Gasteiger partial charge in [-0.3, -0.25) is 9.69 Å². The molecule has 0 bridgehead atoms. The smallest absolute Gasteiger partial charge is 0.466 e. The Bertz CT molecular complexity index is 1380. The van der Waals surface area contributed by atoms with Crippen LogP contribution in [-0.4, -0.2) is 23.8 Å². The standard InChI is InChI=1S/C33H32F3NO3/c1-3-39-32(38)22-30(37(23-25-13-6-4-7-14-25)24(2)26-15-8-5-9-16-26)28-18-12-17-27(21-28)29-19-10-11-20-31(29)40-33(34,35)36/h4-21,24,30H,3,22-23H2,1-2H3/t24-,30+/m1/s1. The van der Waals surface area contributed by atoms with E-state index >= 15 is 0 Å². The van der Waals surface area contributed by atoms with Crippen LogP contribution in [0.4, 0.5) is 13.2 Å². The summed E-state index contributed by atoms with van der Waals surface area (Å²) in [4.78, 5) is 15.1. The Morgan fingerprint density at radius 3 is 2.12 bits per heavy atom. The van der Waals surface area contributed by atoms with Gasteiger partial charge >= 0.3 is 12.3 Å². The summed E-state index contributed by atoms with van der Waals surface area (Å²) in [7, 11) is 0.